The minimum atomic E-state index is -1.80. The van der Waals surface area contributed by atoms with Gasteiger partial charge in [-0.25, -0.2) is 4.39 Å². The molecular weight excluding hydrogens is 525 g/mol. The number of rotatable bonds is 4. The molecule has 200 valence electrons. The third-order valence-electron chi connectivity index (χ3n) is 8.44. The number of nitro benzene ring substituents is 1. The van der Waals surface area contributed by atoms with E-state index in [2.05, 4.69) is 5.10 Å². The van der Waals surface area contributed by atoms with Crippen molar-refractivity contribution in [2.75, 3.05) is 0 Å². The summed E-state index contributed by atoms with van der Waals surface area (Å²) >= 11 is 0. The van der Waals surface area contributed by atoms with Crippen molar-refractivity contribution in [3.8, 4) is 0 Å². The highest BCUT2D eigenvalue weighted by atomic mass is 19.1. The molecule has 0 aromatic heterocycles. The SMILES string of the molecule is O=C(c1ccc(F)cc1)[C@@H]1[C@H](c2ccc([N+](=O)[O-])cc2)C2(C(=O)c3ccccc3C2=O)[C@H]2c3ccccc3C=NN12. The number of carbonyl (C=O) groups excluding carboxylic acids is 3. The Labute approximate surface area is 232 Å². The molecule has 9 heteroatoms. The van der Waals surface area contributed by atoms with Gasteiger partial charge in [0.25, 0.3) is 5.69 Å². The Hall–Kier alpha value is -5.31. The standard InChI is InChI=1S/C32H20FN3O5/c33-21-13-9-19(10-14-21)28(37)27-26(18-11-15-22(16-12-18)36(40)41)32(30(38)24-7-3-4-8-25(24)31(32)39)29-23-6-2-1-5-20(23)17-34-35(27)29/h1-17,26-27,29H/t26-,27-,29+/m0/s1. The van der Waals surface area contributed by atoms with Crippen LogP contribution in [-0.2, 0) is 0 Å². The van der Waals surface area contributed by atoms with Crippen LogP contribution >= 0.6 is 0 Å². The van der Waals surface area contributed by atoms with Crippen LogP contribution in [0.5, 0.6) is 0 Å². The normalized spacial score (nSPS) is 21.5. The predicted molar refractivity (Wildman–Crippen MR) is 147 cm³/mol. The lowest BCUT2D eigenvalue weighted by atomic mass is 9.63. The Kier molecular flexibility index (Phi) is 5.34. The first kappa shape index (κ1) is 24.7. The van der Waals surface area contributed by atoms with E-state index in [0.717, 1.165) is 0 Å². The van der Waals surface area contributed by atoms with Gasteiger partial charge in [-0.05, 0) is 41.0 Å². The molecule has 2 aliphatic heterocycles. The molecule has 1 spiro atoms. The number of carbonyl (C=O) groups is 3. The number of hydrazone groups is 1. The molecule has 3 atom stereocenters. The number of nitro groups is 1. The van der Waals surface area contributed by atoms with Gasteiger partial charge in [0.15, 0.2) is 17.3 Å². The number of ketones is 3. The molecule has 0 bridgehead atoms. The number of fused-ring (bicyclic) bond motifs is 5. The lowest BCUT2D eigenvalue weighted by molar-refractivity contribution is -0.384. The number of hydrogen-bond donors (Lipinski definition) is 0. The van der Waals surface area contributed by atoms with Crippen molar-refractivity contribution >= 4 is 29.3 Å². The summed E-state index contributed by atoms with van der Waals surface area (Å²) in [6.07, 6.45) is 1.60. The number of benzene rings is 4. The highest BCUT2D eigenvalue weighted by Gasteiger charge is 2.72. The molecule has 41 heavy (non-hydrogen) atoms. The van der Waals surface area contributed by atoms with E-state index in [1.807, 2.05) is 18.2 Å². The topological polar surface area (TPSA) is 110 Å². The molecule has 4 aromatic carbocycles. The summed E-state index contributed by atoms with van der Waals surface area (Å²) in [5, 5.41) is 17.6. The van der Waals surface area contributed by atoms with Crippen LogP contribution in [0.15, 0.2) is 102 Å². The maximum atomic E-state index is 14.6. The van der Waals surface area contributed by atoms with Crippen molar-refractivity contribution in [1.82, 2.24) is 5.01 Å². The summed E-state index contributed by atoms with van der Waals surface area (Å²) in [6.45, 7) is 0. The number of Topliss-reactive ketones (excluding diaryl/α,β-unsaturated/α-hetero) is 3. The van der Waals surface area contributed by atoms with E-state index in [-0.39, 0.29) is 22.4 Å². The van der Waals surface area contributed by atoms with Crippen LogP contribution in [0.25, 0.3) is 0 Å². The fourth-order valence-electron chi connectivity index (χ4n) is 6.74. The van der Waals surface area contributed by atoms with Gasteiger partial charge in [-0.1, -0.05) is 60.7 Å². The summed E-state index contributed by atoms with van der Waals surface area (Å²) in [7, 11) is 0. The minimum absolute atomic E-state index is 0.171. The highest BCUT2D eigenvalue weighted by Crippen LogP contribution is 2.64. The van der Waals surface area contributed by atoms with Crippen molar-refractivity contribution in [2.45, 2.75) is 18.0 Å². The predicted octanol–water partition coefficient (Wildman–Crippen LogP) is 5.54. The van der Waals surface area contributed by atoms with Gasteiger partial charge < -0.3 is 0 Å². The van der Waals surface area contributed by atoms with Crippen molar-refractivity contribution in [3.05, 3.63) is 146 Å². The van der Waals surface area contributed by atoms with Gasteiger partial charge in [0, 0.05) is 34.7 Å². The number of halogens is 1. The van der Waals surface area contributed by atoms with Gasteiger partial charge in [-0.3, -0.25) is 29.5 Å². The molecule has 0 N–H and O–H groups in total. The molecule has 1 saturated heterocycles. The average Bonchev–Trinajstić information content (AvgIpc) is 3.43. The summed E-state index contributed by atoms with van der Waals surface area (Å²) in [5.74, 6) is -2.91. The largest absolute Gasteiger partial charge is 0.293 e. The van der Waals surface area contributed by atoms with E-state index >= 15 is 0 Å². The molecule has 2 heterocycles. The number of non-ortho nitro benzene ring substituents is 1. The van der Waals surface area contributed by atoms with Crippen LogP contribution in [0.4, 0.5) is 10.1 Å². The quantitative estimate of drug-likeness (QED) is 0.144. The zero-order chi connectivity index (χ0) is 28.5. The second-order valence-electron chi connectivity index (χ2n) is 10.4. The lowest BCUT2D eigenvalue weighted by Gasteiger charge is -2.36. The third-order valence-corrected chi connectivity index (χ3v) is 8.44. The zero-order valence-electron chi connectivity index (χ0n) is 21.3. The van der Waals surface area contributed by atoms with Crippen LogP contribution < -0.4 is 0 Å². The Morgan fingerprint density at radius 1 is 0.854 bits per heavy atom. The van der Waals surface area contributed by atoms with E-state index in [9.17, 15) is 28.9 Å². The van der Waals surface area contributed by atoms with Crippen molar-refractivity contribution in [3.63, 3.8) is 0 Å². The van der Waals surface area contributed by atoms with Crippen molar-refractivity contribution in [1.29, 1.82) is 0 Å². The van der Waals surface area contributed by atoms with E-state index in [4.69, 9.17) is 0 Å². The molecule has 1 fully saturated rings. The molecule has 0 radical (unpaired) electrons. The molecule has 4 aromatic rings. The first-order valence-corrected chi connectivity index (χ1v) is 13.0. The van der Waals surface area contributed by atoms with E-state index in [1.54, 1.807) is 36.5 Å². The van der Waals surface area contributed by atoms with E-state index in [0.29, 0.717) is 16.7 Å². The van der Waals surface area contributed by atoms with Gasteiger partial charge >= 0.3 is 0 Å². The van der Waals surface area contributed by atoms with Crippen molar-refractivity contribution in [2.24, 2.45) is 10.5 Å². The monoisotopic (exact) mass is 545 g/mol. The average molecular weight is 546 g/mol. The van der Waals surface area contributed by atoms with Crippen LogP contribution in [0.1, 0.15) is 59.7 Å². The first-order valence-electron chi connectivity index (χ1n) is 13.0. The van der Waals surface area contributed by atoms with Gasteiger partial charge in [-0.2, -0.15) is 5.10 Å². The molecule has 0 unspecified atom stereocenters. The Morgan fingerprint density at radius 3 is 2.10 bits per heavy atom. The van der Waals surface area contributed by atoms with Gasteiger partial charge in [0.1, 0.15) is 17.3 Å². The van der Waals surface area contributed by atoms with Gasteiger partial charge in [0.2, 0.25) is 0 Å². The van der Waals surface area contributed by atoms with Gasteiger partial charge in [-0.15, -0.1) is 0 Å². The first-order chi connectivity index (χ1) is 19.8. The molecule has 3 aliphatic rings. The fourth-order valence-corrected chi connectivity index (χ4v) is 6.74. The van der Waals surface area contributed by atoms with Crippen LogP contribution in [0.2, 0.25) is 0 Å². The van der Waals surface area contributed by atoms with Crippen LogP contribution in [0.3, 0.4) is 0 Å². The molecule has 7 rings (SSSR count). The van der Waals surface area contributed by atoms with E-state index in [1.165, 1.54) is 53.5 Å². The van der Waals surface area contributed by atoms with Gasteiger partial charge in [0.05, 0.1) is 17.2 Å². The second-order valence-corrected chi connectivity index (χ2v) is 10.4. The molecule has 0 amide bonds. The Morgan fingerprint density at radius 2 is 1.46 bits per heavy atom. The Balaban J connectivity index is 1.54. The maximum absolute atomic E-state index is 14.6. The van der Waals surface area contributed by atoms with Crippen molar-refractivity contribution < 1.29 is 23.7 Å². The smallest absolute Gasteiger partial charge is 0.269 e. The Bertz CT molecular complexity index is 1780. The van der Waals surface area contributed by atoms with Crippen LogP contribution in [0, 0.1) is 21.3 Å². The van der Waals surface area contributed by atoms with E-state index < -0.39 is 51.5 Å². The number of nitrogens with zero attached hydrogens (tertiary/aromatic N) is 3. The summed E-state index contributed by atoms with van der Waals surface area (Å²) in [4.78, 5) is 54.5. The molecular formula is C32H20FN3O5. The lowest BCUT2D eigenvalue weighted by Crippen LogP contribution is -2.43. The molecule has 0 saturated carbocycles. The molecule has 1 aliphatic carbocycles. The highest BCUT2D eigenvalue weighted by molar-refractivity contribution is 6.31. The second kappa shape index (κ2) is 8.85. The number of hydrogen-bond acceptors (Lipinski definition) is 7. The maximum Gasteiger partial charge on any atom is 0.269 e. The fraction of sp³-hybridized carbons (Fsp3) is 0.125. The van der Waals surface area contributed by atoms with Crippen LogP contribution in [-0.4, -0.2) is 39.5 Å². The third kappa shape index (κ3) is 3.32. The minimum Gasteiger partial charge on any atom is -0.293 e. The molecule has 8 nitrogen and oxygen atoms in total. The summed E-state index contributed by atoms with van der Waals surface area (Å²) < 4.78 is 13.8. The summed E-state index contributed by atoms with van der Waals surface area (Å²) in [6, 6.07) is 22.4. The summed E-state index contributed by atoms with van der Waals surface area (Å²) in [5.41, 5.74) is 0.512. The zero-order valence-corrected chi connectivity index (χ0v) is 21.3.